The van der Waals surface area contributed by atoms with Crippen molar-refractivity contribution in [2.75, 3.05) is 26.4 Å². The summed E-state index contributed by atoms with van der Waals surface area (Å²) in [4.78, 5) is 24.8. The third-order valence-electron chi connectivity index (χ3n) is 4.26. The zero-order valence-corrected chi connectivity index (χ0v) is 20.2. The summed E-state index contributed by atoms with van der Waals surface area (Å²) in [7, 11) is 0. The van der Waals surface area contributed by atoms with Crippen LogP contribution in [0, 0.1) is 0 Å². The van der Waals surface area contributed by atoms with Crippen molar-refractivity contribution in [2.24, 2.45) is 0 Å². The maximum absolute atomic E-state index is 12.7. The molecule has 1 fully saturated rings. The average molecular weight is 442 g/mol. The van der Waals surface area contributed by atoms with Gasteiger partial charge in [0.05, 0.1) is 26.4 Å². The van der Waals surface area contributed by atoms with Gasteiger partial charge in [-0.15, -0.1) is 0 Å². The van der Waals surface area contributed by atoms with Gasteiger partial charge >= 0.3 is 12.1 Å². The highest BCUT2D eigenvalue weighted by Crippen LogP contribution is 2.17. The van der Waals surface area contributed by atoms with Gasteiger partial charge in [0.2, 0.25) is 0 Å². The van der Waals surface area contributed by atoms with Crippen LogP contribution in [0.15, 0.2) is 23.3 Å². The molecule has 0 aliphatic carbocycles. The molecule has 1 rings (SSSR count). The van der Waals surface area contributed by atoms with Crippen LogP contribution in [0.5, 0.6) is 0 Å². The lowest BCUT2D eigenvalue weighted by Crippen LogP contribution is -2.48. The lowest BCUT2D eigenvalue weighted by atomic mass is 10.1. The largest absolute Gasteiger partial charge is 0.458 e. The van der Waals surface area contributed by atoms with Gasteiger partial charge in [0.25, 0.3) is 0 Å². The van der Waals surface area contributed by atoms with Crippen molar-refractivity contribution in [3.63, 3.8) is 0 Å². The van der Waals surface area contributed by atoms with Gasteiger partial charge in [-0.3, -0.25) is 0 Å². The number of ether oxygens (including phenoxy) is 5. The minimum Gasteiger partial charge on any atom is -0.458 e. The van der Waals surface area contributed by atoms with Crippen LogP contribution in [0.25, 0.3) is 0 Å². The number of carbonyl (C=O) groups is 2. The third kappa shape index (κ3) is 11.3. The van der Waals surface area contributed by atoms with Crippen LogP contribution in [0.4, 0.5) is 4.79 Å². The van der Waals surface area contributed by atoms with Crippen LogP contribution < -0.4 is 5.32 Å². The SMILES string of the molecule is CC(C)=CCO[C@H]1[C@H](C)OC(=O)[C@@H](NC(=O)OC(C)(C)C)COC[C@@H]1OCC=C(C)C. The number of nitrogens with one attached hydrogen (secondary N) is 1. The van der Waals surface area contributed by atoms with E-state index in [0.717, 1.165) is 11.1 Å². The summed E-state index contributed by atoms with van der Waals surface area (Å²) < 4.78 is 28.6. The highest BCUT2D eigenvalue weighted by atomic mass is 16.6. The van der Waals surface area contributed by atoms with E-state index >= 15 is 0 Å². The summed E-state index contributed by atoms with van der Waals surface area (Å²) in [6.45, 7) is 15.8. The van der Waals surface area contributed by atoms with Gasteiger partial charge in [-0.1, -0.05) is 23.3 Å². The molecular formula is C23H39NO7. The molecule has 1 aliphatic heterocycles. The number of alkyl carbamates (subject to hydrolysis) is 1. The summed E-state index contributed by atoms with van der Waals surface area (Å²) in [5.74, 6) is -0.612. The topological polar surface area (TPSA) is 92.3 Å². The van der Waals surface area contributed by atoms with Gasteiger partial charge < -0.3 is 29.0 Å². The maximum Gasteiger partial charge on any atom is 0.408 e. The number of esters is 1. The van der Waals surface area contributed by atoms with Crippen LogP contribution in [0.2, 0.25) is 0 Å². The summed E-state index contributed by atoms with van der Waals surface area (Å²) in [6, 6.07) is -0.993. The standard InChI is InChI=1S/C23H39NO7/c1-15(2)9-11-28-19-14-27-13-18(24-22(26)31-23(6,7)8)21(25)30-17(5)20(19)29-12-10-16(3)4/h9-10,17-20H,11-14H2,1-8H3,(H,24,26)/t17-,18-,19-,20-/m0/s1. The molecule has 0 aromatic rings. The molecule has 1 heterocycles. The Kier molecular flexibility index (Phi) is 11.2. The van der Waals surface area contributed by atoms with Crippen molar-refractivity contribution in [2.45, 2.75) is 85.3 Å². The smallest absolute Gasteiger partial charge is 0.408 e. The predicted octanol–water partition coefficient (Wildman–Crippen LogP) is 3.54. The summed E-state index contributed by atoms with van der Waals surface area (Å²) in [6.07, 6.45) is 1.59. The lowest BCUT2D eigenvalue weighted by molar-refractivity contribution is -0.165. The first-order valence-electron chi connectivity index (χ1n) is 10.7. The van der Waals surface area contributed by atoms with Crippen LogP contribution >= 0.6 is 0 Å². The highest BCUT2D eigenvalue weighted by molar-refractivity contribution is 5.81. The first kappa shape index (κ1) is 27.1. The second kappa shape index (κ2) is 12.8. The van der Waals surface area contributed by atoms with Crippen molar-refractivity contribution < 1.29 is 33.3 Å². The molecule has 0 bridgehead atoms. The van der Waals surface area contributed by atoms with Gasteiger partial charge in [0, 0.05) is 0 Å². The quantitative estimate of drug-likeness (QED) is 0.477. The summed E-state index contributed by atoms with van der Waals surface area (Å²) in [5, 5.41) is 2.53. The molecule has 0 unspecified atom stereocenters. The van der Waals surface area contributed by atoms with Gasteiger partial charge in [0.15, 0.2) is 6.04 Å². The molecule has 31 heavy (non-hydrogen) atoms. The Morgan fingerprint density at radius 2 is 1.65 bits per heavy atom. The molecule has 0 radical (unpaired) electrons. The molecule has 8 heteroatoms. The van der Waals surface area contributed by atoms with E-state index in [1.807, 2.05) is 39.8 Å². The number of hydrogen-bond donors (Lipinski definition) is 1. The van der Waals surface area contributed by atoms with Crippen LogP contribution in [-0.4, -0.2) is 68.4 Å². The molecule has 0 saturated carbocycles. The summed E-state index contributed by atoms with van der Waals surface area (Å²) in [5.41, 5.74) is 1.56. The van der Waals surface area contributed by atoms with E-state index in [1.165, 1.54) is 0 Å². The molecule has 0 aromatic heterocycles. The summed E-state index contributed by atoms with van der Waals surface area (Å²) >= 11 is 0. The first-order valence-corrected chi connectivity index (χ1v) is 10.7. The molecule has 178 valence electrons. The molecule has 1 aliphatic rings. The molecule has 0 aromatic carbocycles. The Balaban J connectivity index is 2.94. The van der Waals surface area contributed by atoms with Crippen molar-refractivity contribution in [3.8, 4) is 0 Å². The Bertz CT molecular complexity index is 643. The second-order valence-corrected chi connectivity index (χ2v) is 9.11. The van der Waals surface area contributed by atoms with E-state index in [2.05, 4.69) is 5.32 Å². The van der Waals surface area contributed by atoms with Crippen LogP contribution in [0.3, 0.4) is 0 Å². The van der Waals surface area contributed by atoms with E-state index in [1.54, 1.807) is 27.7 Å². The minimum absolute atomic E-state index is 0.0615. The predicted molar refractivity (Wildman–Crippen MR) is 118 cm³/mol. The fourth-order valence-corrected chi connectivity index (χ4v) is 2.70. The number of allylic oxidation sites excluding steroid dienone is 2. The molecule has 1 amide bonds. The Morgan fingerprint density at radius 1 is 1.06 bits per heavy atom. The van der Waals surface area contributed by atoms with Crippen LogP contribution in [0.1, 0.15) is 55.4 Å². The molecule has 1 N–H and O–H groups in total. The molecule has 0 spiro atoms. The van der Waals surface area contributed by atoms with E-state index in [9.17, 15) is 9.59 Å². The van der Waals surface area contributed by atoms with Crippen molar-refractivity contribution in [1.29, 1.82) is 0 Å². The fourth-order valence-electron chi connectivity index (χ4n) is 2.70. The Hall–Kier alpha value is -1.90. The highest BCUT2D eigenvalue weighted by Gasteiger charge is 2.36. The van der Waals surface area contributed by atoms with E-state index < -0.39 is 42.0 Å². The third-order valence-corrected chi connectivity index (χ3v) is 4.26. The number of rotatable bonds is 7. The minimum atomic E-state index is -0.993. The molecule has 4 atom stereocenters. The molecular weight excluding hydrogens is 402 g/mol. The van der Waals surface area contributed by atoms with Gasteiger partial charge in [-0.25, -0.2) is 9.59 Å². The number of cyclic esters (lactones) is 1. The van der Waals surface area contributed by atoms with Crippen molar-refractivity contribution in [1.82, 2.24) is 5.32 Å². The zero-order valence-electron chi connectivity index (χ0n) is 20.2. The van der Waals surface area contributed by atoms with E-state index in [-0.39, 0.29) is 13.2 Å². The van der Waals surface area contributed by atoms with Crippen molar-refractivity contribution in [3.05, 3.63) is 23.3 Å². The molecule has 1 saturated heterocycles. The fraction of sp³-hybridized carbons (Fsp3) is 0.739. The lowest BCUT2D eigenvalue weighted by Gasteiger charge is -2.30. The van der Waals surface area contributed by atoms with E-state index in [4.69, 9.17) is 23.7 Å². The number of amides is 1. The number of carbonyl (C=O) groups excluding carboxylic acids is 2. The zero-order chi connectivity index (χ0) is 23.6. The maximum atomic E-state index is 12.7. The van der Waals surface area contributed by atoms with Gasteiger partial charge in [0.1, 0.15) is 23.9 Å². The number of hydrogen-bond acceptors (Lipinski definition) is 7. The van der Waals surface area contributed by atoms with Crippen molar-refractivity contribution >= 4 is 12.1 Å². The molecule has 8 nitrogen and oxygen atoms in total. The van der Waals surface area contributed by atoms with E-state index in [0.29, 0.717) is 13.2 Å². The van der Waals surface area contributed by atoms with Crippen LogP contribution in [-0.2, 0) is 28.5 Å². The van der Waals surface area contributed by atoms with Gasteiger partial charge in [-0.2, -0.15) is 0 Å². The second-order valence-electron chi connectivity index (χ2n) is 9.11. The normalized spacial score (nSPS) is 24.7. The monoisotopic (exact) mass is 441 g/mol. The Morgan fingerprint density at radius 3 is 2.19 bits per heavy atom. The van der Waals surface area contributed by atoms with Gasteiger partial charge in [-0.05, 0) is 55.4 Å². The first-order chi connectivity index (χ1) is 14.4. The Labute approximate surface area is 186 Å². The average Bonchev–Trinajstić information content (AvgIpc) is 2.65.